The molecule has 1 saturated heterocycles. The highest BCUT2D eigenvalue weighted by Crippen LogP contribution is 2.36. The predicted octanol–water partition coefficient (Wildman–Crippen LogP) is 3.80. The Bertz CT molecular complexity index is 864. The SMILES string of the molecule is CCCOC(=O)c1ccc(NC(=O)[C@H]2CCC(=O)N(C)[C@H]2c2ccccc2)cc1. The van der Waals surface area contributed by atoms with Gasteiger partial charge < -0.3 is 15.0 Å². The molecule has 1 aliphatic rings. The number of benzene rings is 2. The maximum Gasteiger partial charge on any atom is 0.338 e. The molecule has 0 spiro atoms. The summed E-state index contributed by atoms with van der Waals surface area (Å²) in [6.07, 6.45) is 1.61. The second-order valence-electron chi connectivity index (χ2n) is 7.21. The van der Waals surface area contributed by atoms with Crippen molar-refractivity contribution in [3.05, 3.63) is 65.7 Å². The third-order valence-corrected chi connectivity index (χ3v) is 5.16. The van der Waals surface area contributed by atoms with Crippen LogP contribution in [-0.2, 0) is 14.3 Å². The van der Waals surface area contributed by atoms with Crippen molar-refractivity contribution in [3.8, 4) is 0 Å². The lowest BCUT2D eigenvalue weighted by molar-refractivity contribution is -0.140. The van der Waals surface area contributed by atoms with Gasteiger partial charge in [-0.25, -0.2) is 4.79 Å². The first-order chi connectivity index (χ1) is 14.0. The molecule has 0 aliphatic carbocycles. The lowest BCUT2D eigenvalue weighted by Crippen LogP contribution is -2.44. The minimum atomic E-state index is -0.374. The summed E-state index contributed by atoms with van der Waals surface area (Å²) < 4.78 is 5.11. The molecule has 2 aromatic carbocycles. The molecule has 152 valence electrons. The van der Waals surface area contributed by atoms with Crippen molar-refractivity contribution in [2.24, 2.45) is 5.92 Å². The van der Waals surface area contributed by atoms with Gasteiger partial charge in [0.15, 0.2) is 0 Å². The first kappa shape index (κ1) is 20.6. The molecule has 1 heterocycles. The van der Waals surface area contributed by atoms with Crippen LogP contribution in [-0.4, -0.2) is 36.3 Å². The normalized spacial score (nSPS) is 19.0. The number of carbonyl (C=O) groups is 3. The van der Waals surface area contributed by atoms with E-state index in [-0.39, 0.29) is 29.7 Å². The number of rotatable bonds is 6. The average Bonchev–Trinajstić information content (AvgIpc) is 2.74. The summed E-state index contributed by atoms with van der Waals surface area (Å²) in [6.45, 7) is 2.32. The zero-order valence-corrected chi connectivity index (χ0v) is 16.8. The molecule has 6 heteroatoms. The molecule has 0 radical (unpaired) electrons. The summed E-state index contributed by atoms with van der Waals surface area (Å²) in [7, 11) is 1.75. The fraction of sp³-hybridized carbons (Fsp3) is 0.348. The van der Waals surface area contributed by atoms with E-state index in [1.807, 2.05) is 37.3 Å². The van der Waals surface area contributed by atoms with Gasteiger partial charge in [-0.15, -0.1) is 0 Å². The minimum Gasteiger partial charge on any atom is -0.462 e. The Morgan fingerprint density at radius 1 is 1.10 bits per heavy atom. The van der Waals surface area contributed by atoms with Crippen LogP contribution >= 0.6 is 0 Å². The van der Waals surface area contributed by atoms with Gasteiger partial charge in [0.25, 0.3) is 0 Å². The number of likely N-dealkylation sites (tertiary alicyclic amines) is 1. The van der Waals surface area contributed by atoms with Gasteiger partial charge in [0.2, 0.25) is 11.8 Å². The molecule has 0 saturated carbocycles. The van der Waals surface area contributed by atoms with Gasteiger partial charge in [0.05, 0.1) is 24.1 Å². The number of amides is 2. The number of esters is 1. The Morgan fingerprint density at radius 3 is 2.45 bits per heavy atom. The van der Waals surface area contributed by atoms with Crippen LogP contribution in [0.3, 0.4) is 0 Å². The fourth-order valence-corrected chi connectivity index (χ4v) is 3.62. The molecule has 2 atom stereocenters. The highest BCUT2D eigenvalue weighted by atomic mass is 16.5. The van der Waals surface area contributed by atoms with Gasteiger partial charge in [0.1, 0.15) is 0 Å². The Hall–Kier alpha value is -3.15. The van der Waals surface area contributed by atoms with Crippen molar-refractivity contribution in [2.75, 3.05) is 19.0 Å². The van der Waals surface area contributed by atoms with Crippen LogP contribution in [0.4, 0.5) is 5.69 Å². The minimum absolute atomic E-state index is 0.0397. The molecule has 0 unspecified atom stereocenters. The third kappa shape index (κ3) is 4.83. The van der Waals surface area contributed by atoms with Crippen LogP contribution in [0.15, 0.2) is 54.6 Å². The zero-order valence-electron chi connectivity index (χ0n) is 16.8. The van der Waals surface area contributed by atoms with Crippen LogP contribution in [0.1, 0.15) is 48.1 Å². The van der Waals surface area contributed by atoms with Crippen molar-refractivity contribution in [1.29, 1.82) is 0 Å². The Balaban J connectivity index is 1.73. The largest absolute Gasteiger partial charge is 0.462 e. The quantitative estimate of drug-likeness (QED) is 0.756. The summed E-state index contributed by atoms with van der Waals surface area (Å²) in [5, 5.41) is 2.93. The van der Waals surface area contributed by atoms with E-state index < -0.39 is 0 Å². The molecule has 2 aromatic rings. The second-order valence-corrected chi connectivity index (χ2v) is 7.21. The summed E-state index contributed by atoms with van der Waals surface area (Å²) in [5.41, 5.74) is 1.99. The molecule has 1 aliphatic heterocycles. The number of carbonyl (C=O) groups excluding carboxylic acids is 3. The molecule has 0 bridgehead atoms. The van der Waals surface area contributed by atoms with E-state index in [4.69, 9.17) is 4.74 Å². The predicted molar refractivity (Wildman–Crippen MR) is 110 cm³/mol. The first-order valence-electron chi connectivity index (χ1n) is 9.90. The maximum atomic E-state index is 13.0. The van der Waals surface area contributed by atoms with E-state index in [1.165, 1.54) is 0 Å². The van der Waals surface area contributed by atoms with Crippen molar-refractivity contribution < 1.29 is 19.1 Å². The second kappa shape index (κ2) is 9.37. The van der Waals surface area contributed by atoms with E-state index in [1.54, 1.807) is 36.2 Å². The third-order valence-electron chi connectivity index (χ3n) is 5.16. The highest BCUT2D eigenvalue weighted by Gasteiger charge is 2.38. The van der Waals surface area contributed by atoms with Crippen molar-refractivity contribution in [2.45, 2.75) is 32.2 Å². The van der Waals surface area contributed by atoms with E-state index in [0.29, 0.717) is 30.7 Å². The summed E-state index contributed by atoms with van der Waals surface area (Å²) in [4.78, 5) is 38.8. The van der Waals surface area contributed by atoms with E-state index >= 15 is 0 Å². The van der Waals surface area contributed by atoms with Crippen molar-refractivity contribution in [1.82, 2.24) is 4.90 Å². The number of nitrogens with one attached hydrogen (secondary N) is 1. The van der Waals surface area contributed by atoms with Crippen molar-refractivity contribution in [3.63, 3.8) is 0 Å². The average molecular weight is 394 g/mol. The number of anilines is 1. The van der Waals surface area contributed by atoms with Crippen LogP contribution in [0, 0.1) is 5.92 Å². The number of piperidine rings is 1. The van der Waals surface area contributed by atoms with Gasteiger partial charge in [0, 0.05) is 19.2 Å². The highest BCUT2D eigenvalue weighted by molar-refractivity contribution is 5.95. The molecule has 3 rings (SSSR count). The monoisotopic (exact) mass is 394 g/mol. The summed E-state index contributed by atoms with van der Waals surface area (Å²) >= 11 is 0. The van der Waals surface area contributed by atoms with E-state index in [0.717, 1.165) is 12.0 Å². The summed E-state index contributed by atoms with van der Waals surface area (Å²) in [5.74, 6) is -0.826. The Morgan fingerprint density at radius 2 is 1.79 bits per heavy atom. The number of hydrogen-bond donors (Lipinski definition) is 1. The first-order valence-corrected chi connectivity index (χ1v) is 9.90. The van der Waals surface area contributed by atoms with Gasteiger partial charge in [-0.05, 0) is 42.7 Å². The van der Waals surface area contributed by atoms with Crippen LogP contribution < -0.4 is 5.32 Å². The van der Waals surface area contributed by atoms with Crippen molar-refractivity contribution >= 4 is 23.5 Å². The van der Waals surface area contributed by atoms with Crippen LogP contribution in [0.5, 0.6) is 0 Å². The lowest BCUT2D eigenvalue weighted by Gasteiger charge is -2.38. The Labute approximate surface area is 170 Å². The van der Waals surface area contributed by atoms with E-state index in [9.17, 15) is 14.4 Å². The van der Waals surface area contributed by atoms with Gasteiger partial charge in [-0.1, -0.05) is 37.3 Å². The lowest BCUT2D eigenvalue weighted by atomic mass is 9.84. The topological polar surface area (TPSA) is 75.7 Å². The zero-order chi connectivity index (χ0) is 20.8. The Kier molecular flexibility index (Phi) is 6.65. The molecular weight excluding hydrogens is 368 g/mol. The molecule has 1 N–H and O–H groups in total. The summed E-state index contributed by atoms with van der Waals surface area (Å²) in [6, 6.07) is 16.0. The molecular formula is C23H26N2O4. The maximum absolute atomic E-state index is 13.0. The molecule has 6 nitrogen and oxygen atoms in total. The van der Waals surface area contributed by atoms with Crippen LogP contribution in [0.25, 0.3) is 0 Å². The number of ether oxygens (including phenoxy) is 1. The van der Waals surface area contributed by atoms with Gasteiger partial charge in [-0.3, -0.25) is 9.59 Å². The van der Waals surface area contributed by atoms with Gasteiger partial charge in [-0.2, -0.15) is 0 Å². The molecule has 1 fully saturated rings. The number of nitrogens with zero attached hydrogens (tertiary/aromatic N) is 1. The van der Waals surface area contributed by atoms with Gasteiger partial charge >= 0.3 is 5.97 Å². The standard InChI is InChI=1S/C23H26N2O4/c1-3-15-29-23(28)17-9-11-18(12-10-17)24-22(27)19-13-14-20(26)25(2)21(19)16-7-5-4-6-8-16/h4-12,19,21H,3,13-15H2,1-2H3,(H,24,27)/t19-,21-/m0/s1. The molecule has 29 heavy (non-hydrogen) atoms. The fourth-order valence-electron chi connectivity index (χ4n) is 3.62. The molecule has 2 amide bonds. The number of hydrogen-bond acceptors (Lipinski definition) is 4. The molecule has 0 aromatic heterocycles. The van der Waals surface area contributed by atoms with Crippen LogP contribution in [0.2, 0.25) is 0 Å². The smallest absolute Gasteiger partial charge is 0.338 e. The van der Waals surface area contributed by atoms with E-state index in [2.05, 4.69) is 5.32 Å².